The van der Waals surface area contributed by atoms with Gasteiger partial charge in [-0.2, -0.15) is 0 Å². The quantitative estimate of drug-likeness (QED) is 0.703. The molecule has 2 aliphatic heterocycles. The number of nitrogens with one attached hydrogen (secondary N) is 2. The molecular weight excluding hydrogens is 232 g/mol. The molecule has 2 N–H and O–H groups in total. The minimum Gasteiger partial charge on any atom is -0.312 e. The van der Waals surface area contributed by atoms with Crippen LogP contribution in [0, 0.1) is 35.5 Å². The fraction of sp³-hybridized carbons (Fsp3) is 1.00. The SMILES string of the molecule is CC1CNC2C(CCC3C(C)C(C)C(C)NC32)C1C. The summed E-state index contributed by atoms with van der Waals surface area (Å²) in [6.07, 6.45) is 2.88. The van der Waals surface area contributed by atoms with E-state index in [4.69, 9.17) is 0 Å². The molecule has 2 heterocycles. The van der Waals surface area contributed by atoms with E-state index in [2.05, 4.69) is 45.3 Å². The van der Waals surface area contributed by atoms with Gasteiger partial charge in [0.05, 0.1) is 0 Å². The first-order valence-electron chi connectivity index (χ1n) is 8.50. The molecule has 0 radical (unpaired) electrons. The third kappa shape index (κ3) is 2.15. The topological polar surface area (TPSA) is 24.1 Å². The van der Waals surface area contributed by atoms with Gasteiger partial charge in [0, 0.05) is 18.1 Å². The van der Waals surface area contributed by atoms with E-state index in [0.29, 0.717) is 6.04 Å². The minimum atomic E-state index is 0.673. The molecule has 0 amide bonds. The summed E-state index contributed by atoms with van der Waals surface area (Å²) in [5.74, 6) is 5.20. The largest absolute Gasteiger partial charge is 0.312 e. The Balaban J connectivity index is 1.81. The van der Waals surface area contributed by atoms with Crippen LogP contribution in [-0.4, -0.2) is 24.7 Å². The number of piperidine rings is 2. The van der Waals surface area contributed by atoms with Crippen molar-refractivity contribution in [3.63, 3.8) is 0 Å². The Labute approximate surface area is 119 Å². The third-order valence-electron chi connectivity index (χ3n) is 7.14. The predicted octanol–water partition coefficient (Wildman–Crippen LogP) is 2.89. The molecule has 3 aliphatic rings. The maximum atomic E-state index is 3.97. The molecule has 3 fully saturated rings. The minimum absolute atomic E-state index is 0.673. The van der Waals surface area contributed by atoms with E-state index in [0.717, 1.165) is 47.6 Å². The molecule has 2 heteroatoms. The molecule has 9 unspecified atom stereocenters. The van der Waals surface area contributed by atoms with Crippen molar-refractivity contribution >= 4 is 0 Å². The second-order valence-electron chi connectivity index (χ2n) is 7.87. The van der Waals surface area contributed by atoms with E-state index >= 15 is 0 Å². The summed E-state index contributed by atoms with van der Waals surface area (Å²) in [5, 5.41) is 7.86. The molecule has 3 rings (SSSR count). The molecule has 110 valence electrons. The van der Waals surface area contributed by atoms with Crippen molar-refractivity contribution in [1.82, 2.24) is 10.6 Å². The van der Waals surface area contributed by atoms with Gasteiger partial charge in [-0.1, -0.05) is 27.7 Å². The highest BCUT2D eigenvalue weighted by atomic mass is 15.1. The molecule has 1 aliphatic carbocycles. The summed E-state index contributed by atoms with van der Waals surface area (Å²) in [6, 6.07) is 2.11. The van der Waals surface area contributed by atoms with E-state index in [1.54, 1.807) is 0 Å². The monoisotopic (exact) mass is 264 g/mol. The van der Waals surface area contributed by atoms with Crippen molar-refractivity contribution < 1.29 is 0 Å². The maximum Gasteiger partial charge on any atom is 0.0257 e. The zero-order valence-electron chi connectivity index (χ0n) is 13.3. The Morgan fingerprint density at radius 2 is 1.37 bits per heavy atom. The highest BCUT2D eigenvalue weighted by molar-refractivity contribution is 5.06. The highest BCUT2D eigenvalue weighted by Gasteiger charge is 2.49. The maximum absolute atomic E-state index is 3.97. The second kappa shape index (κ2) is 5.04. The molecule has 0 aromatic carbocycles. The van der Waals surface area contributed by atoms with Gasteiger partial charge < -0.3 is 10.6 Å². The van der Waals surface area contributed by atoms with E-state index in [9.17, 15) is 0 Å². The normalized spacial score (nSPS) is 58.3. The standard InChI is InChI=1S/C17H32N2/c1-9-8-18-16-14(10(9)2)6-7-15-12(4)11(3)13(5)19-17(15)16/h9-19H,6-8H2,1-5H3. The zero-order valence-corrected chi connectivity index (χ0v) is 13.3. The van der Waals surface area contributed by atoms with Crippen molar-refractivity contribution in [1.29, 1.82) is 0 Å². The average molecular weight is 264 g/mol. The van der Waals surface area contributed by atoms with E-state index in [1.807, 2.05) is 0 Å². The molecule has 2 nitrogen and oxygen atoms in total. The van der Waals surface area contributed by atoms with Crippen molar-refractivity contribution in [2.45, 2.75) is 65.6 Å². The van der Waals surface area contributed by atoms with Crippen LogP contribution in [0.15, 0.2) is 0 Å². The summed E-state index contributed by atoms with van der Waals surface area (Å²) < 4.78 is 0. The molecule has 0 aromatic heterocycles. The van der Waals surface area contributed by atoms with Crippen LogP contribution in [0.1, 0.15) is 47.5 Å². The Morgan fingerprint density at radius 3 is 2.05 bits per heavy atom. The molecule has 0 aromatic rings. The first-order valence-corrected chi connectivity index (χ1v) is 8.50. The summed E-state index contributed by atoms with van der Waals surface area (Å²) in [4.78, 5) is 0. The summed E-state index contributed by atoms with van der Waals surface area (Å²) in [5.41, 5.74) is 0. The van der Waals surface area contributed by atoms with Crippen molar-refractivity contribution in [3.05, 3.63) is 0 Å². The van der Waals surface area contributed by atoms with Gasteiger partial charge in [0.1, 0.15) is 0 Å². The number of hydrogen-bond donors (Lipinski definition) is 2. The lowest BCUT2D eigenvalue weighted by Gasteiger charge is -2.56. The van der Waals surface area contributed by atoms with Crippen LogP contribution in [0.25, 0.3) is 0 Å². The average Bonchev–Trinajstić information content (AvgIpc) is 2.40. The molecule has 2 saturated heterocycles. The van der Waals surface area contributed by atoms with Gasteiger partial charge in [0.15, 0.2) is 0 Å². The van der Waals surface area contributed by atoms with Crippen molar-refractivity contribution in [3.8, 4) is 0 Å². The molecule has 9 atom stereocenters. The van der Waals surface area contributed by atoms with E-state index in [1.165, 1.54) is 19.4 Å². The number of hydrogen-bond acceptors (Lipinski definition) is 2. The summed E-state index contributed by atoms with van der Waals surface area (Å²) in [7, 11) is 0. The van der Waals surface area contributed by atoms with Crippen LogP contribution >= 0.6 is 0 Å². The van der Waals surface area contributed by atoms with Crippen LogP contribution in [0.3, 0.4) is 0 Å². The summed E-state index contributed by atoms with van der Waals surface area (Å²) in [6.45, 7) is 13.4. The Kier molecular flexibility index (Phi) is 3.68. The zero-order chi connectivity index (χ0) is 13.7. The highest BCUT2D eigenvalue weighted by Crippen LogP contribution is 2.45. The molecule has 1 saturated carbocycles. The lowest BCUT2D eigenvalue weighted by atomic mass is 9.59. The van der Waals surface area contributed by atoms with Crippen molar-refractivity contribution in [2.24, 2.45) is 35.5 Å². The first-order chi connectivity index (χ1) is 9.00. The Hall–Kier alpha value is -0.0800. The van der Waals surface area contributed by atoms with Crippen LogP contribution in [0.2, 0.25) is 0 Å². The Morgan fingerprint density at radius 1 is 0.737 bits per heavy atom. The molecule has 0 spiro atoms. The van der Waals surface area contributed by atoms with Gasteiger partial charge in [0.25, 0.3) is 0 Å². The summed E-state index contributed by atoms with van der Waals surface area (Å²) >= 11 is 0. The third-order valence-corrected chi connectivity index (χ3v) is 7.14. The molecule has 19 heavy (non-hydrogen) atoms. The fourth-order valence-electron chi connectivity index (χ4n) is 5.19. The second-order valence-corrected chi connectivity index (χ2v) is 7.87. The van der Waals surface area contributed by atoms with E-state index < -0.39 is 0 Å². The number of fused-ring (bicyclic) bond motifs is 3. The van der Waals surface area contributed by atoms with Crippen LogP contribution in [0.5, 0.6) is 0 Å². The lowest BCUT2D eigenvalue weighted by molar-refractivity contribution is -0.00845. The van der Waals surface area contributed by atoms with Crippen LogP contribution in [-0.2, 0) is 0 Å². The first kappa shape index (κ1) is 13.9. The van der Waals surface area contributed by atoms with Gasteiger partial charge in [-0.25, -0.2) is 0 Å². The smallest absolute Gasteiger partial charge is 0.0257 e. The lowest BCUT2D eigenvalue weighted by Crippen LogP contribution is -2.68. The van der Waals surface area contributed by atoms with Crippen LogP contribution in [0.4, 0.5) is 0 Å². The number of rotatable bonds is 0. The van der Waals surface area contributed by atoms with Crippen molar-refractivity contribution in [2.75, 3.05) is 6.54 Å². The molecular formula is C17H32N2. The van der Waals surface area contributed by atoms with Gasteiger partial charge in [-0.3, -0.25) is 0 Å². The van der Waals surface area contributed by atoms with Crippen LogP contribution < -0.4 is 10.6 Å². The fourth-order valence-corrected chi connectivity index (χ4v) is 5.19. The van der Waals surface area contributed by atoms with Gasteiger partial charge in [-0.05, 0) is 61.8 Å². The van der Waals surface area contributed by atoms with Gasteiger partial charge >= 0.3 is 0 Å². The Bertz CT molecular complexity index is 329. The van der Waals surface area contributed by atoms with Gasteiger partial charge in [0.2, 0.25) is 0 Å². The van der Waals surface area contributed by atoms with E-state index in [-0.39, 0.29) is 0 Å². The molecule has 0 bridgehead atoms. The van der Waals surface area contributed by atoms with Gasteiger partial charge in [-0.15, -0.1) is 0 Å². The predicted molar refractivity (Wildman–Crippen MR) is 81.0 cm³/mol.